The first kappa shape index (κ1) is 31.2. The summed E-state index contributed by atoms with van der Waals surface area (Å²) >= 11 is 0. The van der Waals surface area contributed by atoms with Crippen LogP contribution < -0.4 is 4.74 Å². The second kappa shape index (κ2) is 14.9. The van der Waals surface area contributed by atoms with Crippen molar-refractivity contribution in [2.45, 2.75) is 84.5 Å². The van der Waals surface area contributed by atoms with Gasteiger partial charge in [-0.2, -0.15) is 4.39 Å². The maximum absolute atomic E-state index is 15.4. The first-order valence-corrected chi connectivity index (χ1v) is 16.3. The van der Waals surface area contributed by atoms with Gasteiger partial charge in [-0.05, 0) is 97.2 Å². The largest absolute Gasteiger partial charge is 0.486 e. The number of allylic oxidation sites excluding steroid dienone is 3. The fraction of sp³-hybridized carbons (Fsp3) is 0.436. The van der Waals surface area contributed by atoms with Crippen molar-refractivity contribution in [1.82, 2.24) is 0 Å². The molecule has 43 heavy (non-hydrogen) atoms. The molecule has 3 aromatic carbocycles. The summed E-state index contributed by atoms with van der Waals surface area (Å²) in [5.74, 6) is 0.196. The summed E-state index contributed by atoms with van der Waals surface area (Å²) in [5, 5.41) is 0. The molecule has 1 atom stereocenters. The van der Waals surface area contributed by atoms with Gasteiger partial charge in [0, 0.05) is 11.1 Å². The summed E-state index contributed by atoms with van der Waals surface area (Å²) in [4.78, 5) is 0. The molecule has 2 aliphatic rings. The molecule has 1 saturated carbocycles. The smallest absolute Gasteiger partial charge is 0.201 e. The minimum Gasteiger partial charge on any atom is -0.486 e. The van der Waals surface area contributed by atoms with Gasteiger partial charge in [0.1, 0.15) is 12.4 Å². The molecule has 0 radical (unpaired) electrons. The third-order valence-corrected chi connectivity index (χ3v) is 9.69. The molecule has 1 unspecified atom stereocenters. The lowest BCUT2D eigenvalue weighted by atomic mass is 9.70. The van der Waals surface area contributed by atoms with Gasteiger partial charge in [0.25, 0.3) is 0 Å². The van der Waals surface area contributed by atoms with E-state index in [1.165, 1.54) is 75.5 Å². The third kappa shape index (κ3) is 7.63. The van der Waals surface area contributed by atoms with Crippen LogP contribution in [-0.4, -0.2) is 6.61 Å². The van der Waals surface area contributed by atoms with Crippen LogP contribution in [0.1, 0.15) is 90.0 Å². The van der Waals surface area contributed by atoms with Crippen LogP contribution in [0.25, 0.3) is 27.8 Å². The van der Waals surface area contributed by atoms with E-state index < -0.39 is 11.6 Å². The number of hydrogen-bond acceptors (Lipinski definition) is 1. The van der Waals surface area contributed by atoms with Crippen molar-refractivity contribution in [1.29, 1.82) is 0 Å². The van der Waals surface area contributed by atoms with Gasteiger partial charge in [0.2, 0.25) is 5.82 Å². The average molecular weight is 587 g/mol. The number of unbranched alkanes of at least 4 members (excludes halogenated alkanes) is 2. The van der Waals surface area contributed by atoms with Crippen molar-refractivity contribution in [3.63, 3.8) is 0 Å². The number of rotatable bonds is 11. The highest BCUT2D eigenvalue weighted by Crippen LogP contribution is 2.42. The molecule has 0 heterocycles. The lowest BCUT2D eigenvalue weighted by molar-refractivity contribution is 0.187. The first-order chi connectivity index (χ1) is 21.0. The molecule has 0 amide bonds. The van der Waals surface area contributed by atoms with E-state index >= 15 is 4.39 Å². The Bertz CT molecular complexity index is 1410. The zero-order valence-electron chi connectivity index (χ0n) is 25.7. The first-order valence-electron chi connectivity index (χ1n) is 16.3. The van der Waals surface area contributed by atoms with Gasteiger partial charge >= 0.3 is 0 Å². The fourth-order valence-corrected chi connectivity index (χ4v) is 7.05. The molecule has 1 fully saturated rings. The number of benzene rings is 3. The molecular weight excluding hydrogens is 541 g/mol. The lowest BCUT2D eigenvalue weighted by Gasteiger charge is -2.35. The van der Waals surface area contributed by atoms with Crippen LogP contribution in [0.3, 0.4) is 0 Å². The van der Waals surface area contributed by atoms with Crippen molar-refractivity contribution < 1.29 is 17.9 Å². The molecule has 228 valence electrons. The molecule has 0 bridgehead atoms. The second-order valence-corrected chi connectivity index (χ2v) is 12.4. The fourth-order valence-electron chi connectivity index (χ4n) is 7.05. The summed E-state index contributed by atoms with van der Waals surface area (Å²) in [6.45, 7) is 4.28. The number of ether oxygens (including phenoxy) is 1. The van der Waals surface area contributed by atoms with E-state index in [9.17, 15) is 8.78 Å². The van der Waals surface area contributed by atoms with Gasteiger partial charge in [-0.25, -0.2) is 8.78 Å². The van der Waals surface area contributed by atoms with Crippen LogP contribution in [-0.2, 0) is 0 Å². The van der Waals surface area contributed by atoms with Gasteiger partial charge in [-0.15, -0.1) is 0 Å². The molecule has 0 N–H and O–H groups in total. The van der Waals surface area contributed by atoms with Crippen LogP contribution in [0.5, 0.6) is 5.75 Å². The molecule has 0 aliphatic heterocycles. The maximum Gasteiger partial charge on any atom is 0.201 e. The summed E-state index contributed by atoms with van der Waals surface area (Å²) in [6.07, 6.45) is 20.2. The molecule has 0 aromatic heterocycles. The third-order valence-electron chi connectivity index (χ3n) is 9.69. The number of halogens is 3. The topological polar surface area (TPSA) is 9.23 Å². The molecule has 5 rings (SSSR count). The van der Waals surface area contributed by atoms with E-state index in [0.29, 0.717) is 16.7 Å². The van der Waals surface area contributed by atoms with Crippen molar-refractivity contribution >= 4 is 5.57 Å². The van der Waals surface area contributed by atoms with Crippen LogP contribution in [0.2, 0.25) is 0 Å². The Morgan fingerprint density at radius 2 is 1.47 bits per heavy atom. The average Bonchev–Trinajstić information content (AvgIpc) is 3.04. The van der Waals surface area contributed by atoms with Gasteiger partial charge in [0.15, 0.2) is 11.6 Å². The zero-order valence-corrected chi connectivity index (χ0v) is 25.7. The minimum absolute atomic E-state index is 0.123. The van der Waals surface area contributed by atoms with E-state index in [2.05, 4.69) is 13.0 Å². The van der Waals surface area contributed by atoms with Crippen molar-refractivity contribution in [2.24, 2.45) is 17.8 Å². The Kier molecular flexibility index (Phi) is 10.8. The Morgan fingerprint density at radius 1 is 0.767 bits per heavy atom. The van der Waals surface area contributed by atoms with E-state index in [-0.39, 0.29) is 23.7 Å². The normalized spacial score (nSPS) is 20.8. The van der Waals surface area contributed by atoms with Gasteiger partial charge in [-0.3, -0.25) is 0 Å². The quantitative estimate of drug-likeness (QED) is 0.160. The summed E-state index contributed by atoms with van der Waals surface area (Å²) in [5.41, 5.74) is 4.07. The Balaban J connectivity index is 1.20. The standard InChI is InChI=1S/C39H45F3O/c1-3-5-7-8-27-9-11-28(12-10-27)29-13-15-30(16-14-29)33-21-22-34(36(40)26-33)31-17-19-32(20-18-31)35-23-24-37(39(42)38(35)41)43-25-6-4-2/h4,6,15,17-24,26-29H,3,5,7-14,16,25H2,1-2H3. The molecule has 2 aliphatic carbocycles. The van der Waals surface area contributed by atoms with Crippen LogP contribution >= 0.6 is 0 Å². The van der Waals surface area contributed by atoms with E-state index in [1.807, 2.05) is 19.1 Å². The summed E-state index contributed by atoms with van der Waals surface area (Å²) in [7, 11) is 0. The zero-order chi connectivity index (χ0) is 30.2. The highest BCUT2D eigenvalue weighted by molar-refractivity contribution is 5.74. The monoisotopic (exact) mass is 586 g/mol. The summed E-state index contributed by atoms with van der Waals surface area (Å²) in [6, 6.07) is 15.4. The van der Waals surface area contributed by atoms with Gasteiger partial charge < -0.3 is 4.74 Å². The minimum atomic E-state index is -1.01. The SMILES string of the molecule is CC=CCOc1ccc(-c2ccc(-c3ccc(C4=CCC(C5CCC(CCCCC)CC5)CC4)cc3F)cc2)c(F)c1F. The van der Waals surface area contributed by atoms with Crippen molar-refractivity contribution in [3.8, 4) is 28.0 Å². The molecule has 0 saturated heterocycles. The summed E-state index contributed by atoms with van der Waals surface area (Å²) < 4.78 is 50.0. The van der Waals surface area contributed by atoms with Crippen LogP contribution in [0, 0.1) is 35.2 Å². The second-order valence-electron chi connectivity index (χ2n) is 12.4. The number of hydrogen-bond donors (Lipinski definition) is 0. The molecular formula is C39H45F3O. The van der Waals surface area contributed by atoms with Crippen molar-refractivity contribution in [2.75, 3.05) is 6.61 Å². The maximum atomic E-state index is 15.4. The Hall–Kier alpha value is -3.27. The molecule has 3 aromatic rings. The predicted molar refractivity (Wildman–Crippen MR) is 172 cm³/mol. The van der Waals surface area contributed by atoms with E-state index in [4.69, 9.17) is 4.74 Å². The molecule has 4 heteroatoms. The van der Waals surface area contributed by atoms with E-state index in [1.54, 1.807) is 42.5 Å². The molecule has 0 spiro atoms. The van der Waals surface area contributed by atoms with Gasteiger partial charge in [-0.1, -0.05) is 100 Å². The van der Waals surface area contributed by atoms with Crippen LogP contribution in [0.15, 0.2) is 72.8 Å². The Morgan fingerprint density at radius 3 is 2.12 bits per heavy atom. The van der Waals surface area contributed by atoms with Gasteiger partial charge in [0.05, 0.1) is 0 Å². The highest BCUT2D eigenvalue weighted by Gasteiger charge is 2.28. The van der Waals surface area contributed by atoms with Crippen LogP contribution in [0.4, 0.5) is 13.2 Å². The molecule has 1 nitrogen and oxygen atoms in total. The highest BCUT2D eigenvalue weighted by atomic mass is 19.2. The predicted octanol–water partition coefficient (Wildman–Crippen LogP) is 12.0. The van der Waals surface area contributed by atoms with E-state index in [0.717, 1.165) is 36.2 Å². The van der Waals surface area contributed by atoms with Crippen molar-refractivity contribution in [3.05, 3.63) is 95.8 Å². The Labute approximate surface area is 255 Å². The lowest BCUT2D eigenvalue weighted by Crippen LogP contribution is -2.23.